The van der Waals surface area contributed by atoms with E-state index in [0.717, 1.165) is 24.1 Å². The monoisotopic (exact) mass is 273 g/mol. The summed E-state index contributed by atoms with van der Waals surface area (Å²) in [6.07, 6.45) is 2.68. The number of carbonyl (C=O) groups excluding carboxylic acids is 1. The van der Waals surface area contributed by atoms with Crippen LogP contribution in [-0.4, -0.2) is 17.3 Å². The Morgan fingerprint density at radius 2 is 2.00 bits per heavy atom. The maximum atomic E-state index is 12.1. The van der Waals surface area contributed by atoms with Gasteiger partial charge < -0.3 is 5.32 Å². The van der Waals surface area contributed by atoms with Gasteiger partial charge in [0.05, 0.1) is 10.4 Å². The molecule has 0 saturated carbocycles. The number of aryl methyl sites for hydroxylation is 1. The molecule has 0 bridgehead atoms. The molecule has 0 unspecified atom stereocenters. The Morgan fingerprint density at radius 1 is 1.35 bits per heavy atom. The first-order chi connectivity index (χ1) is 8.10. The summed E-state index contributed by atoms with van der Waals surface area (Å²) in [5, 5.41) is 3.07. The van der Waals surface area contributed by atoms with Crippen LogP contribution < -0.4 is 5.32 Å². The molecule has 0 aliphatic rings. The van der Waals surface area contributed by atoms with Crippen LogP contribution in [0, 0.1) is 0 Å². The summed E-state index contributed by atoms with van der Waals surface area (Å²) in [6.45, 7) is 6.20. The normalized spacial score (nSPS) is 11.5. The number of thiophene rings is 1. The van der Waals surface area contributed by atoms with Crippen LogP contribution in [0.2, 0.25) is 0 Å². The minimum atomic E-state index is -0.269. The zero-order valence-corrected chi connectivity index (χ0v) is 12.3. The third-order valence-corrected chi connectivity index (χ3v) is 4.96. The Balaban J connectivity index is 2.77. The van der Waals surface area contributed by atoms with Crippen LogP contribution in [0.3, 0.4) is 0 Å². The van der Waals surface area contributed by atoms with Crippen LogP contribution in [0.15, 0.2) is 12.1 Å². The van der Waals surface area contributed by atoms with Gasteiger partial charge in [-0.1, -0.05) is 20.8 Å². The first-order valence-electron chi connectivity index (χ1n) is 6.08. The molecule has 1 aromatic heterocycles. The van der Waals surface area contributed by atoms with Crippen molar-refractivity contribution < 1.29 is 4.79 Å². The second kappa shape index (κ2) is 6.41. The molecule has 0 aliphatic heterocycles. The zero-order valence-electron chi connectivity index (χ0n) is 10.7. The van der Waals surface area contributed by atoms with Gasteiger partial charge in [0.1, 0.15) is 0 Å². The van der Waals surface area contributed by atoms with Gasteiger partial charge in [-0.2, -0.15) is 0 Å². The fraction of sp³-hybridized carbons (Fsp3) is 0.615. The molecule has 0 spiro atoms. The van der Waals surface area contributed by atoms with Crippen molar-refractivity contribution in [2.45, 2.75) is 45.6 Å². The molecular weight excluding hydrogens is 254 g/mol. The largest absolute Gasteiger partial charge is 0.345 e. The van der Waals surface area contributed by atoms with Crippen LogP contribution in [-0.2, 0) is 6.42 Å². The average Bonchev–Trinajstić information content (AvgIpc) is 2.85. The fourth-order valence-corrected chi connectivity index (χ4v) is 2.93. The van der Waals surface area contributed by atoms with Crippen molar-refractivity contribution in [2.24, 2.45) is 0 Å². The average molecular weight is 274 g/mol. The van der Waals surface area contributed by atoms with Crippen LogP contribution in [0.25, 0.3) is 0 Å². The standard InChI is InChI=1S/C13H20ClNOS/c1-4-10-7-8-11(17-10)12(16)15-13(5-2,6-3)9-14/h7-8H,4-6,9H2,1-3H3,(H,15,16). The predicted octanol–water partition coefficient (Wildman–Crippen LogP) is 3.84. The second-order valence-corrected chi connectivity index (χ2v) is 5.63. The van der Waals surface area contributed by atoms with Crippen molar-refractivity contribution in [3.05, 3.63) is 21.9 Å². The van der Waals surface area contributed by atoms with E-state index in [1.807, 2.05) is 12.1 Å². The van der Waals surface area contributed by atoms with Gasteiger partial charge in [-0.05, 0) is 31.4 Å². The molecular formula is C13H20ClNOS. The summed E-state index contributed by atoms with van der Waals surface area (Å²) in [7, 11) is 0. The van der Waals surface area contributed by atoms with Crippen molar-refractivity contribution in [1.29, 1.82) is 0 Å². The van der Waals surface area contributed by atoms with E-state index in [0.29, 0.717) is 5.88 Å². The second-order valence-electron chi connectivity index (χ2n) is 4.19. The molecule has 0 radical (unpaired) electrons. The molecule has 0 fully saturated rings. The molecule has 1 heterocycles. The van der Waals surface area contributed by atoms with E-state index >= 15 is 0 Å². The third-order valence-electron chi connectivity index (χ3n) is 3.22. The Bertz CT molecular complexity index is 363. The molecule has 1 N–H and O–H groups in total. The van der Waals surface area contributed by atoms with Crippen molar-refractivity contribution >= 4 is 28.8 Å². The van der Waals surface area contributed by atoms with E-state index in [9.17, 15) is 4.79 Å². The van der Waals surface area contributed by atoms with Crippen LogP contribution >= 0.6 is 22.9 Å². The summed E-state index contributed by atoms with van der Waals surface area (Å²) in [5.41, 5.74) is -0.269. The Morgan fingerprint density at radius 3 is 2.41 bits per heavy atom. The highest BCUT2D eigenvalue weighted by atomic mass is 35.5. The minimum Gasteiger partial charge on any atom is -0.345 e. The summed E-state index contributed by atoms with van der Waals surface area (Å²) < 4.78 is 0. The van der Waals surface area contributed by atoms with Crippen LogP contribution in [0.4, 0.5) is 0 Å². The highest BCUT2D eigenvalue weighted by Crippen LogP contribution is 2.21. The van der Waals surface area contributed by atoms with Gasteiger partial charge in [0, 0.05) is 10.8 Å². The Labute approximate surface area is 112 Å². The maximum Gasteiger partial charge on any atom is 0.261 e. The number of hydrogen-bond donors (Lipinski definition) is 1. The van der Waals surface area contributed by atoms with E-state index in [4.69, 9.17) is 11.6 Å². The number of rotatable bonds is 6. The van der Waals surface area contributed by atoms with Gasteiger partial charge >= 0.3 is 0 Å². The van der Waals surface area contributed by atoms with Gasteiger partial charge in [-0.15, -0.1) is 22.9 Å². The number of nitrogens with one attached hydrogen (secondary N) is 1. The van der Waals surface area contributed by atoms with Gasteiger partial charge in [0.15, 0.2) is 0 Å². The molecule has 0 atom stereocenters. The first kappa shape index (κ1) is 14.5. The molecule has 0 aliphatic carbocycles. The minimum absolute atomic E-state index is 0.000880. The lowest BCUT2D eigenvalue weighted by molar-refractivity contribution is 0.0906. The first-order valence-corrected chi connectivity index (χ1v) is 7.43. The van der Waals surface area contributed by atoms with Gasteiger partial charge in [0.2, 0.25) is 0 Å². The number of halogens is 1. The number of amides is 1. The summed E-state index contributed by atoms with van der Waals surface area (Å²) in [6, 6.07) is 3.91. The molecule has 1 rings (SSSR count). The smallest absolute Gasteiger partial charge is 0.261 e. The van der Waals surface area contributed by atoms with Crippen molar-refractivity contribution in [2.75, 3.05) is 5.88 Å². The lowest BCUT2D eigenvalue weighted by atomic mass is 9.95. The zero-order chi connectivity index (χ0) is 12.9. The molecule has 1 amide bonds. The summed E-state index contributed by atoms with van der Waals surface area (Å²) in [5.74, 6) is 0.455. The Kier molecular flexibility index (Phi) is 5.47. The predicted molar refractivity (Wildman–Crippen MR) is 75.2 cm³/mol. The molecule has 0 saturated heterocycles. The van der Waals surface area contributed by atoms with E-state index < -0.39 is 0 Å². The fourth-order valence-electron chi connectivity index (χ4n) is 1.64. The summed E-state index contributed by atoms with van der Waals surface area (Å²) in [4.78, 5) is 14.1. The van der Waals surface area contributed by atoms with E-state index in [1.165, 1.54) is 4.88 Å². The van der Waals surface area contributed by atoms with Gasteiger partial charge in [0.25, 0.3) is 5.91 Å². The SMILES string of the molecule is CCc1ccc(C(=O)NC(CC)(CC)CCl)s1. The highest BCUT2D eigenvalue weighted by Gasteiger charge is 2.27. The highest BCUT2D eigenvalue weighted by molar-refractivity contribution is 7.14. The number of hydrogen-bond acceptors (Lipinski definition) is 2. The van der Waals surface area contributed by atoms with Crippen molar-refractivity contribution in [3.8, 4) is 0 Å². The maximum absolute atomic E-state index is 12.1. The van der Waals surface area contributed by atoms with Crippen molar-refractivity contribution in [3.63, 3.8) is 0 Å². The Hall–Kier alpha value is -0.540. The lowest BCUT2D eigenvalue weighted by Gasteiger charge is -2.30. The molecule has 2 nitrogen and oxygen atoms in total. The molecule has 96 valence electrons. The van der Waals surface area contributed by atoms with E-state index in [1.54, 1.807) is 11.3 Å². The van der Waals surface area contributed by atoms with Crippen molar-refractivity contribution in [1.82, 2.24) is 5.32 Å². The van der Waals surface area contributed by atoms with Crippen LogP contribution in [0.1, 0.15) is 48.2 Å². The molecule has 4 heteroatoms. The van der Waals surface area contributed by atoms with Gasteiger partial charge in [-0.25, -0.2) is 0 Å². The van der Waals surface area contributed by atoms with Gasteiger partial charge in [-0.3, -0.25) is 4.79 Å². The van der Waals surface area contributed by atoms with E-state index in [-0.39, 0.29) is 11.4 Å². The summed E-state index contributed by atoms with van der Waals surface area (Å²) >= 11 is 7.54. The molecule has 17 heavy (non-hydrogen) atoms. The molecule has 1 aromatic rings. The van der Waals surface area contributed by atoms with Crippen LogP contribution in [0.5, 0.6) is 0 Å². The number of alkyl halides is 1. The van der Waals surface area contributed by atoms with E-state index in [2.05, 4.69) is 26.1 Å². The quantitative estimate of drug-likeness (QED) is 0.784. The molecule has 0 aromatic carbocycles. The topological polar surface area (TPSA) is 29.1 Å². The lowest BCUT2D eigenvalue weighted by Crippen LogP contribution is -2.49. The third kappa shape index (κ3) is 3.46. The number of carbonyl (C=O) groups is 1.